The number of nitrogens with two attached hydrogens (primary N) is 1. The highest BCUT2D eigenvalue weighted by molar-refractivity contribution is 5.90. The summed E-state index contributed by atoms with van der Waals surface area (Å²) in [5.74, 6) is -0.324. The number of nitrogens with one attached hydrogen (secondary N) is 1. The highest BCUT2D eigenvalue weighted by atomic mass is 16.5. The Morgan fingerprint density at radius 2 is 2.00 bits per heavy atom. The SMILES string of the molecule is CC(CN)CCC(=O)Nc1ccc(OCC(=O)O)cc1. The molecule has 0 spiro atoms. The fraction of sp³-hybridized carbons (Fsp3) is 0.429. The van der Waals surface area contributed by atoms with E-state index >= 15 is 0 Å². The molecule has 1 atom stereocenters. The lowest BCUT2D eigenvalue weighted by Crippen LogP contribution is -2.16. The molecule has 6 nitrogen and oxygen atoms in total. The minimum atomic E-state index is -1.03. The number of aliphatic carboxylic acids is 1. The first-order valence-corrected chi connectivity index (χ1v) is 6.46. The van der Waals surface area contributed by atoms with Gasteiger partial charge in [0.2, 0.25) is 5.91 Å². The molecule has 0 aliphatic carbocycles. The fourth-order valence-corrected chi connectivity index (χ4v) is 1.50. The summed E-state index contributed by atoms with van der Waals surface area (Å²) >= 11 is 0. The van der Waals surface area contributed by atoms with Crippen LogP contribution in [0.25, 0.3) is 0 Å². The number of carboxylic acids is 1. The first-order valence-electron chi connectivity index (χ1n) is 6.46. The molecule has 0 bridgehead atoms. The monoisotopic (exact) mass is 280 g/mol. The zero-order valence-electron chi connectivity index (χ0n) is 11.5. The molecule has 1 rings (SSSR count). The van der Waals surface area contributed by atoms with Crippen LogP contribution < -0.4 is 15.8 Å². The molecular weight excluding hydrogens is 260 g/mol. The van der Waals surface area contributed by atoms with Gasteiger partial charge in [-0.1, -0.05) is 6.92 Å². The summed E-state index contributed by atoms with van der Waals surface area (Å²) in [4.78, 5) is 22.0. The summed E-state index contributed by atoms with van der Waals surface area (Å²) in [5, 5.41) is 11.2. The Bertz CT molecular complexity index is 445. The molecular formula is C14H20N2O4. The van der Waals surface area contributed by atoms with Crippen molar-refractivity contribution in [3.8, 4) is 5.75 Å². The van der Waals surface area contributed by atoms with E-state index < -0.39 is 5.97 Å². The van der Waals surface area contributed by atoms with Crippen LogP contribution in [-0.4, -0.2) is 30.1 Å². The molecule has 0 saturated heterocycles. The molecule has 0 radical (unpaired) electrons. The Labute approximate surface area is 117 Å². The van der Waals surface area contributed by atoms with E-state index in [4.69, 9.17) is 15.6 Å². The summed E-state index contributed by atoms with van der Waals surface area (Å²) in [7, 11) is 0. The normalized spacial score (nSPS) is 11.7. The Hall–Kier alpha value is -2.08. The van der Waals surface area contributed by atoms with Crippen LogP contribution in [0.3, 0.4) is 0 Å². The molecule has 4 N–H and O–H groups in total. The standard InChI is InChI=1S/C14H20N2O4/c1-10(8-15)2-7-13(17)16-11-3-5-12(6-4-11)20-9-14(18)19/h3-6,10H,2,7-9,15H2,1H3,(H,16,17)(H,18,19). The molecule has 0 aromatic heterocycles. The van der Waals surface area contributed by atoms with Crippen LogP contribution in [0.4, 0.5) is 5.69 Å². The van der Waals surface area contributed by atoms with Gasteiger partial charge in [0.1, 0.15) is 5.75 Å². The van der Waals surface area contributed by atoms with E-state index in [1.807, 2.05) is 6.92 Å². The van der Waals surface area contributed by atoms with Crippen molar-refractivity contribution in [3.63, 3.8) is 0 Å². The lowest BCUT2D eigenvalue weighted by molar-refractivity contribution is -0.139. The third kappa shape index (κ3) is 6.19. The molecule has 1 aromatic rings. The van der Waals surface area contributed by atoms with Crippen molar-refractivity contribution in [2.45, 2.75) is 19.8 Å². The second-order valence-corrected chi connectivity index (χ2v) is 4.63. The van der Waals surface area contributed by atoms with E-state index in [1.54, 1.807) is 24.3 Å². The molecule has 1 aromatic carbocycles. The minimum Gasteiger partial charge on any atom is -0.482 e. The van der Waals surface area contributed by atoms with Crippen LogP contribution in [0, 0.1) is 5.92 Å². The summed E-state index contributed by atoms with van der Waals surface area (Å²) in [6.45, 7) is 2.19. The van der Waals surface area contributed by atoms with Gasteiger partial charge in [0.25, 0.3) is 0 Å². The lowest BCUT2D eigenvalue weighted by atomic mass is 10.1. The Morgan fingerprint density at radius 3 is 2.55 bits per heavy atom. The third-order valence-corrected chi connectivity index (χ3v) is 2.77. The van der Waals surface area contributed by atoms with Crippen LogP contribution in [0.2, 0.25) is 0 Å². The molecule has 0 fully saturated rings. The van der Waals surface area contributed by atoms with E-state index in [0.29, 0.717) is 30.3 Å². The van der Waals surface area contributed by atoms with Crippen molar-refractivity contribution in [2.75, 3.05) is 18.5 Å². The number of benzene rings is 1. The van der Waals surface area contributed by atoms with Gasteiger partial charge in [-0.2, -0.15) is 0 Å². The summed E-state index contributed by atoms with van der Waals surface area (Å²) in [6.07, 6.45) is 1.18. The van der Waals surface area contributed by atoms with Crippen molar-refractivity contribution in [1.29, 1.82) is 0 Å². The average Bonchev–Trinajstić information content (AvgIpc) is 2.44. The minimum absolute atomic E-state index is 0.0653. The molecule has 6 heteroatoms. The number of anilines is 1. The Kier molecular flexibility index (Phi) is 6.52. The third-order valence-electron chi connectivity index (χ3n) is 2.77. The smallest absolute Gasteiger partial charge is 0.341 e. The number of carboxylic acid groups (broad SMARTS) is 1. The maximum Gasteiger partial charge on any atom is 0.341 e. The van der Waals surface area contributed by atoms with Gasteiger partial charge >= 0.3 is 5.97 Å². The van der Waals surface area contributed by atoms with Crippen LogP contribution in [0.5, 0.6) is 5.75 Å². The van der Waals surface area contributed by atoms with E-state index in [-0.39, 0.29) is 12.5 Å². The van der Waals surface area contributed by atoms with Crippen molar-refractivity contribution in [1.82, 2.24) is 0 Å². The van der Waals surface area contributed by atoms with Gasteiger partial charge in [0.05, 0.1) is 0 Å². The molecule has 0 saturated carbocycles. The highest BCUT2D eigenvalue weighted by Gasteiger charge is 2.06. The Morgan fingerprint density at radius 1 is 1.35 bits per heavy atom. The van der Waals surface area contributed by atoms with Gasteiger partial charge in [0, 0.05) is 12.1 Å². The van der Waals surface area contributed by atoms with Gasteiger partial charge in [-0.25, -0.2) is 4.79 Å². The number of carbonyl (C=O) groups excluding carboxylic acids is 1. The number of hydrogen-bond acceptors (Lipinski definition) is 4. The van der Waals surface area contributed by atoms with Crippen LogP contribution in [-0.2, 0) is 9.59 Å². The molecule has 0 aliphatic rings. The van der Waals surface area contributed by atoms with E-state index in [9.17, 15) is 9.59 Å². The van der Waals surface area contributed by atoms with Crippen LogP contribution in [0.1, 0.15) is 19.8 Å². The summed E-state index contributed by atoms with van der Waals surface area (Å²) < 4.78 is 4.99. The summed E-state index contributed by atoms with van der Waals surface area (Å²) in [6, 6.07) is 6.56. The van der Waals surface area contributed by atoms with Crippen molar-refractivity contribution >= 4 is 17.6 Å². The summed E-state index contributed by atoms with van der Waals surface area (Å²) in [5.41, 5.74) is 6.14. The zero-order chi connectivity index (χ0) is 15.0. The van der Waals surface area contributed by atoms with Gasteiger partial charge in [-0.3, -0.25) is 4.79 Å². The number of carbonyl (C=O) groups is 2. The highest BCUT2D eigenvalue weighted by Crippen LogP contribution is 2.16. The van der Waals surface area contributed by atoms with Crippen LogP contribution >= 0.6 is 0 Å². The average molecular weight is 280 g/mol. The topological polar surface area (TPSA) is 102 Å². The molecule has 0 aliphatic heterocycles. The first kappa shape index (κ1) is 16.0. The number of ether oxygens (including phenoxy) is 1. The largest absolute Gasteiger partial charge is 0.482 e. The van der Waals surface area contributed by atoms with Gasteiger partial charge in [-0.15, -0.1) is 0 Å². The number of rotatable bonds is 8. The molecule has 1 amide bonds. The molecule has 0 heterocycles. The second kappa shape index (κ2) is 8.16. The number of hydrogen-bond donors (Lipinski definition) is 3. The van der Waals surface area contributed by atoms with E-state index in [0.717, 1.165) is 6.42 Å². The maximum absolute atomic E-state index is 11.7. The van der Waals surface area contributed by atoms with E-state index in [2.05, 4.69) is 5.32 Å². The van der Waals surface area contributed by atoms with Crippen LogP contribution in [0.15, 0.2) is 24.3 Å². The van der Waals surface area contributed by atoms with Crippen molar-refractivity contribution < 1.29 is 19.4 Å². The van der Waals surface area contributed by atoms with Gasteiger partial charge in [-0.05, 0) is 43.1 Å². The number of amides is 1. The Balaban J connectivity index is 2.40. The second-order valence-electron chi connectivity index (χ2n) is 4.63. The predicted molar refractivity (Wildman–Crippen MR) is 75.7 cm³/mol. The zero-order valence-corrected chi connectivity index (χ0v) is 11.5. The lowest BCUT2D eigenvalue weighted by Gasteiger charge is -2.09. The fourth-order valence-electron chi connectivity index (χ4n) is 1.50. The van der Waals surface area contributed by atoms with E-state index in [1.165, 1.54) is 0 Å². The molecule has 110 valence electrons. The van der Waals surface area contributed by atoms with Gasteiger partial charge < -0.3 is 20.9 Å². The van der Waals surface area contributed by atoms with Gasteiger partial charge in [0.15, 0.2) is 6.61 Å². The maximum atomic E-state index is 11.7. The van der Waals surface area contributed by atoms with Crippen molar-refractivity contribution in [3.05, 3.63) is 24.3 Å². The first-order chi connectivity index (χ1) is 9.51. The van der Waals surface area contributed by atoms with Crippen molar-refractivity contribution in [2.24, 2.45) is 11.7 Å². The quantitative estimate of drug-likeness (QED) is 0.669. The predicted octanol–water partition coefficient (Wildman–Crippen LogP) is 1.46. The molecule has 20 heavy (non-hydrogen) atoms. The molecule has 1 unspecified atom stereocenters.